The Morgan fingerprint density at radius 1 is 1.32 bits per heavy atom. The molecule has 1 saturated heterocycles. The maximum Gasteiger partial charge on any atom is 0.123 e. The quantitative estimate of drug-likeness (QED) is 0.853. The number of methoxy groups -OCH3 is 1. The van der Waals surface area contributed by atoms with Crippen molar-refractivity contribution >= 4 is 0 Å². The first-order valence-electron chi connectivity index (χ1n) is 7.35. The highest BCUT2D eigenvalue weighted by Crippen LogP contribution is 2.27. The second-order valence-corrected chi connectivity index (χ2v) is 5.36. The van der Waals surface area contributed by atoms with Gasteiger partial charge in [-0.2, -0.15) is 0 Å². The largest absolute Gasteiger partial charge is 0.496 e. The van der Waals surface area contributed by atoms with Crippen LogP contribution in [-0.2, 0) is 0 Å². The van der Waals surface area contributed by atoms with Crippen molar-refractivity contribution in [1.82, 2.24) is 10.2 Å². The van der Waals surface area contributed by atoms with E-state index >= 15 is 0 Å². The van der Waals surface area contributed by atoms with Gasteiger partial charge in [0.2, 0.25) is 0 Å². The van der Waals surface area contributed by atoms with Crippen LogP contribution in [-0.4, -0.2) is 38.2 Å². The maximum atomic E-state index is 5.53. The van der Waals surface area contributed by atoms with Gasteiger partial charge in [-0.25, -0.2) is 0 Å². The Morgan fingerprint density at radius 3 is 2.68 bits per heavy atom. The molecular weight excluding hydrogens is 236 g/mol. The van der Waals surface area contributed by atoms with E-state index in [0.717, 1.165) is 18.8 Å². The molecule has 0 amide bonds. The van der Waals surface area contributed by atoms with Crippen LogP contribution in [0.1, 0.15) is 36.9 Å². The number of hydrogen-bond donors (Lipinski definition) is 1. The summed E-state index contributed by atoms with van der Waals surface area (Å²) in [5, 5.41) is 3.61. The van der Waals surface area contributed by atoms with Gasteiger partial charge in [0.1, 0.15) is 5.75 Å². The molecule has 0 radical (unpaired) electrons. The molecule has 1 aliphatic rings. The Hall–Kier alpha value is -1.06. The molecular formula is C16H26N2O. The van der Waals surface area contributed by atoms with E-state index in [2.05, 4.69) is 42.3 Å². The van der Waals surface area contributed by atoms with Crippen LogP contribution >= 0.6 is 0 Å². The summed E-state index contributed by atoms with van der Waals surface area (Å²) in [5.41, 5.74) is 2.58. The van der Waals surface area contributed by atoms with Crippen molar-refractivity contribution in [3.8, 4) is 5.75 Å². The van der Waals surface area contributed by atoms with E-state index in [1.54, 1.807) is 7.11 Å². The van der Waals surface area contributed by atoms with Crippen LogP contribution < -0.4 is 10.1 Å². The zero-order valence-electron chi connectivity index (χ0n) is 12.4. The number of nitrogens with zero attached hydrogens (tertiary/aromatic N) is 1. The number of aryl methyl sites for hydroxylation is 1. The van der Waals surface area contributed by atoms with Crippen molar-refractivity contribution < 1.29 is 4.74 Å². The van der Waals surface area contributed by atoms with Crippen molar-refractivity contribution in [2.45, 2.75) is 32.7 Å². The SMILES string of the molecule is CCNC(CN1CCCC1)c1cc(C)ccc1OC. The van der Waals surface area contributed by atoms with Crippen LogP contribution in [0.4, 0.5) is 0 Å². The fourth-order valence-corrected chi connectivity index (χ4v) is 2.87. The number of nitrogens with one attached hydrogen (secondary N) is 1. The van der Waals surface area contributed by atoms with Gasteiger partial charge in [0, 0.05) is 18.2 Å². The van der Waals surface area contributed by atoms with Gasteiger partial charge in [0.25, 0.3) is 0 Å². The van der Waals surface area contributed by atoms with Crippen LogP contribution in [0.25, 0.3) is 0 Å². The fraction of sp³-hybridized carbons (Fsp3) is 0.625. The standard InChI is InChI=1S/C16H26N2O/c1-4-17-15(12-18-9-5-6-10-18)14-11-13(2)7-8-16(14)19-3/h7-8,11,15,17H,4-6,9-10,12H2,1-3H3. The summed E-state index contributed by atoms with van der Waals surface area (Å²) in [5.74, 6) is 0.996. The molecule has 0 spiro atoms. The van der Waals surface area contributed by atoms with E-state index in [1.165, 1.54) is 37.1 Å². The zero-order valence-corrected chi connectivity index (χ0v) is 12.4. The molecule has 1 N–H and O–H groups in total. The van der Waals surface area contributed by atoms with Crippen LogP contribution in [0.3, 0.4) is 0 Å². The Balaban J connectivity index is 2.18. The Kier molecular flexibility index (Phi) is 5.23. The third-order valence-corrected chi connectivity index (χ3v) is 3.85. The third-order valence-electron chi connectivity index (χ3n) is 3.85. The van der Waals surface area contributed by atoms with Crippen molar-refractivity contribution in [3.05, 3.63) is 29.3 Å². The number of benzene rings is 1. The summed E-state index contributed by atoms with van der Waals surface area (Å²) in [7, 11) is 1.76. The highest BCUT2D eigenvalue weighted by Gasteiger charge is 2.20. The summed E-state index contributed by atoms with van der Waals surface area (Å²) in [6.07, 6.45) is 2.67. The summed E-state index contributed by atoms with van der Waals surface area (Å²) >= 11 is 0. The van der Waals surface area contributed by atoms with Gasteiger partial charge in [0.05, 0.1) is 7.11 Å². The smallest absolute Gasteiger partial charge is 0.123 e. The van der Waals surface area contributed by atoms with Crippen molar-refractivity contribution in [2.24, 2.45) is 0 Å². The van der Waals surface area contributed by atoms with Crippen LogP contribution in [0.5, 0.6) is 5.75 Å². The van der Waals surface area contributed by atoms with Gasteiger partial charge in [-0.05, 0) is 45.5 Å². The van der Waals surface area contributed by atoms with Gasteiger partial charge < -0.3 is 15.0 Å². The van der Waals surface area contributed by atoms with E-state index in [-0.39, 0.29) is 0 Å². The lowest BCUT2D eigenvalue weighted by Crippen LogP contribution is -2.33. The number of hydrogen-bond acceptors (Lipinski definition) is 3. The number of rotatable bonds is 6. The Bertz CT molecular complexity index is 400. The molecule has 1 atom stereocenters. The Morgan fingerprint density at radius 2 is 2.05 bits per heavy atom. The first-order valence-corrected chi connectivity index (χ1v) is 7.35. The lowest BCUT2D eigenvalue weighted by atomic mass is 10.0. The van der Waals surface area contributed by atoms with Gasteiger partial charge in [-0.3, -0.25) is 0 Å². The molecule has 3 heteroatoms. The molecule has 0 bridgehead atoms. The number of likely N-dealkylation sites (tertiary alicyclic amines) is 1. The molecule has 19 heavy (non-hydrogen) atoms. The molecule has 1 unspecified atom stereocenters. The summed E-state index contributed by atoms with van der Waals surface area (Å²) in [6.45, 7) is 8.83. The van der Waals surface area contributed by atoms with Crippen LogP contribution in [0.15, 0.2) is 18.2 Å². The van der Waals surface area contributed by atoms with Crippen molar-refractivity contribution in [1.29, 1.82) is 0 Å². The molecule has 1 fully saturated rings. The van der Waals surface area contributed by atoms with E-state index in [0.29, 0.717) is 6.04 Å². The van der Waals surface area contributed by atoms with Gasteiger partial charge in [-0.15, -0.1) is 0 Å². The van der Waals surface area contributed by atoms with Gasteiger partial charge in [0.15, 0.2) is 0 Å². The number of ether oxygens (including phenoxy) is 1. The number of likely N-dealkylation sites (N-methyl/N-ethyl adjacent to an activating group) is 1. The topological polar surface area (TPSA) is 24.5 Å². The predicted octanol–water partition coefficient (Wildman–Crippen LogP) is 2.75. The van der Waals surface area contributed by atoms with Gasteiger partial charge >= 0.3 is 0 Å². The fourth-order valence-electron chi connectivity index (χ4n) is 2.87. The second kappa shape index (κ2) is 6.92. The monoisotopic (exact) mass is 262 g/mol. The zero-order chi connectivity index (χ0) is 13.7. The first-order chi connectivity index (χ1) is 9.24. The van der Waals surface area contributed by atoms with Crippen LogP contribution in [0, 0.1) is 6.92 Å². The predicted molar refractivity (Wildman–Crippen MR) is 79.8 cm³/mol. The van der Waals surface area contributed by atoms with Gasteiger partial charge in [-0.1, -0.05) is 24.6 Å². The lowest BCUT2D eigenvalue weighted by Gasteiger charge is -2.26. The maximum absolute atomic E-state index is 5.53. The van der Waals surface area contributed by atoms with E-state index in [1.807, 2.05) is 0 Å². The summed E-state index contributed by atoms with van der Waals surface area (Å²) in [6, 6.07) is 6.81. The molecule has 2 rings (SSSR count). The van der Waals surface area contributed by atoms with Crippen molar-refractivity contribution in [2.75, 3.05) is 33.3 Å². The molecule has 3 nitrogen and oxygen atoms in total. The Labute approximate surface area is 116 Å². The average molecular weight is 262 g/mol. The second-order valence-electron chi connectivity index (χ2n) is 5.36. The first kappa shape index (κ1) is 14.4. The molecule has 1 heterocycles. The molecule has 0 aliphatic carbocycles. The van der Waals surface area contributed by atoms with E-state index < -0.39 is 0 Å². The van der Waals surface area contributed by atoms with Crippen molar-refractivity contribution in [3.63, 3.8) is 0 Å². The highest BCUT2D eigenvalue weighted by atomic mass is 16.5. The molecule has 106 valence electrons. The summed E-state index contributed by atoms with van der Waals surface area (Å²) in [4.78, 5) is 2.55. The van der Waals surface area contributed by atoms with E-state index in [4.69, 9.17) is 4.74 Å². The minimum absolute atomic E-state index is 0.359. The minimum Gasteiger partial charge on any atom is -0.496 e. The average Bonchev–Trinajstić information content (AvgIpc) is 2.91. The van der Waals surface area contributed by atoms with E-state index in [9.17, 15) is 0 Å². The lowest BCUT2D eigenvalue weighted by molar-refractivity contribution is 0.289. The van der Waals surface area contributed by atoms with Crippen LogP contribution in [0.2, 0.25) is 0 Å². The third kappa shape index (κ3) is 3.71. The normalized spacial score (nSPS) is 17.6. The highest BCUT2D eigenvalue weighted by molar-refractivity contribution is 5.39. The molecule has 1 aromatic rings. The summed E-state index contributed by atoms with van der Waals surface area (Å²) < 4.78 is 5.53. The minimum atomic E-state index is 0.359. The molecule has 1 aromatic carbocycles. The molecule has 1 aliphatic heterocycles. The molecule has 0 saturated carbocycles. The molecule has 0 aromatic heterocycles.